The fourth-order valence-electron chi connectivity index (χ4n) is 3.08. The number of aromatic hydroxyl groups is 1. The van der Waals surface area contributed by atoms with E-state index in [1.54, 1.807) is 23.7 Å². The highest BCUT2D eigenvalue weighted by Gasteiger charge is 2.16. The molecule has 0 aliphatic carbocycles. The molecule has 120 valence electrons. The van der Waals surface area contributed by atoms with E-state index >= 15 is 0 Å². The maximum atomic E-state index is 11.5. The first-order valence-corrected chi connectivity index (χ1v) is 7.72. The van der Waals surface area contributed by atoms with Gasteiger partial charge in [-0.15, -0.1) is 0 Å². The van der Waals surface area contributed by atoms with Gasteiger partial charge in [0.25, 0.3) is 5.91 Å². The fourth-order valence-corrected chi connectivity index (χ4v) is 3.08. The number of carbonyl (C=O) groups is 1. The minimum absolute atomic E-state index is 0.289. The van der Waals surface area contributed by atoms with Crippen molar-refractivity contribution in [2.24, 2.45) is 0 Å². The molecule has 23 heavy (non-hydrogen) atoms. The summed E-state index contributed by atoms with van der Waals surface area (Å²) in [6.45, 7) is 2.56. The number of fused-ring (bicyclic) bond motifs is 1. The number of aryl methyl sites for hydroxylation is 1. The topological polar surface area (TPSA) is 72.8 Å². The molecule has 0 saturated carbocycles. The van der Waals surface area contributed by atoms with Gasteiger partial charge in [-0.3, -0.25) is 14.9 Å². The van der Waals surface area contributed by atoms with Crippen molar-refractivity contribution >= 4 is 5.91 Å². The Morgan fingerprint density at radius 3 is 2.83 bits per heavy atom. The minimum Gasteiger partial charge on any atom is -0.508 e. The molecule has 1 heterocycles. The van der Waals surface area contributed by atoms with Crippen LogP contribution in [0.4, 0.5) is 0 Å². The monoisotopic (exact) mass is 312 g/mol. The number of nitrogens with one attached hydrogen (secondary N) is 1. The molecule has 0 radical (unpaired) electrons. The van der Waals surface area contributed by atoms with Gasteiger partial charge in [0.15, 0.2) is 0 Å². The summed E-state index contributed by atoms with van der Waals surface area (Å²) >= 11 is 0. The number of carbonyl (C=O) groups excluding carboxylic acids is 1. The van der Waals surface area contributed by atoms with E-state index in [2.05, 4.69) is 4.90 Å². The van der Waals surface area contributed by atoms with Gasteiger partial charge in [-0.1, -0.05) is 18.2 Å². The van der Waals surface area contributed by atoms with E-state index in [9.17, 15) is 9.90 Å². The van der Waals surface area contributed by atoms with E-state index in [4.69, 9.17) is 5.21 Å². The van der Waals surface area contributed by atoms with E-state index in [1.807, 2.05) is 24.3 Å². The number of benzene rings is 2. The van der Waals surface area contributed by atoms with Crippen LogP contribution in [-0.2, 0) is 19.5 Å². The summed E-state index contributed by atoms with van der Waals surface area (Å²) in [5, 5.41) is 18.3. The standard InChI is InChI=1S/C18H20N2O3/c21-17-5-1-3-13(9-17)11-20-8-2-4-14-10-15(18(22)19-23)6-7-16(14)12-20/h1,3,5-7,9-10,21,23H,2,4,8,11-12H2,(H,19,22). The highest BCUT2D eigenvalue weighted by atomic mass is 16.5. The van der Waals surface area contributed by atoms with E-state index in [0.717, 1.165) is 43.6 Å². The van der Waals surface area contributed by atoms with Crippen molar-refractivity contribution in [1.29, 1.82) is 0 Å². The Morgan fingerprint density at radius 1 is 1.17 bits per heavy atom. The highest BCUT2D eigenvalue weighted by molar-refractivity contribution is 5.93. The molecule has 0 unspecified atom stereocenters. The molecule has 1 aliphatic rings. The Bertz CT molecular complexity index is 715. The maximum Gasteiger partial charge on any atom is 0.274 e. The molecule has 3 N–H and O–H groups in total. The number of hydrogen-bond acceptors (Lipinski definition) is 4. The number of hydroxylamine groups is 1. The van der Waals surface area contributed by atoms with E-state index < -0.39 is 5.91 Å². The van der Waals surface area contributed by atoms with Gasteiger partial charge in [0, 0.05) is 18.7 Å². The van der Waals surface area contributed by atoms with Crippen LogP contribution in [0, 0.1) is 0 Å². The van der Waals surface area contributed by atoms with Crippen LogP contribution >= 0.6 is 0 Å². The SMILES string of the molecule is O=C(NO)c1ccc2c(c1)CCCN(Cc1cccc(O)c1)C2. The van der Waals surface area contributed by atoms with Gasteiger partial charge in [0.1, 0.15) is 5.75 Å². The molecule has 1 aliphatic heterocycles. The zero-order valence-corrected chi connectivity index (χ0v) is 12.8. The number of phenolic OH excluding ortho intramolecular Hbond substituents is 1. The molecule has 3 rings (SSSR count). The van der Waals surface area contributed by atoms with E-state index in [-0.39, 0.29) is 5.75 Å². The molecule has 5 nitrogen and oxygen atoms in total. The van der Waals surface area contributed by atoms with Crippen molar-refractivity contribution in [3.63, 3.8) is 0 Å². The lowest BCUT2D eigenvalue weighted by Crippen LogP contribution is -2.22. The fraction of sp³-hybridized carbons (Fsp3) is 0.278. The molecule has 2 aromatic rings. The van der Waals surface area contributed by atoms with Gasteiger partial charge >= 0.3 is 0 Å². The minimum atomic E-state index is -0.478. The zero-order valence-electron chi connectivity index (χ0n) is 12.8. The predicted molar refractivity (Wildman–Crippen MR) is 86.2 cm³/mol. The van der Waals surface area contributed by atoms with Crippen LogP contribution < -0.4 is 5.48 Å². The summed E-state index contributed by atoms with van der Waals surface area (Å²) in [4.78, 5) is 13.9. The van der Waals surface area contributed by atoms with Crippen molar-refractivity contribution in [2.75, 3.05) is 6.54 Å². The molecule has 0 bridgehead atoms. The van der Waals surface area contributed by atoms with Gasteiger partial charge in [-0.25, -0.2) is 5.48 Å². The van der Waals surface area contributed by atoms with E-state index in [0.29, 0.717) is 5.56 Å². The van der Waals surface area contributed by atoms with Crippen LogP contribution in [0.15, 0.2) is 42.5 Å². The van der Waals surface area contributed by atoms with Gasteiger partial charge in [-0.2, -0.15) is 0 Å². The third kappa shape index (κ3) is 3.70. The predicted octanol–water partition coefficient (Wildman–Crippen LogP) is 2.46. The molecule has 0 spiro atoms. The first-order chi connectivity index (χ1) is 11.2. The van der Waals surface area contributed by atoms with Crippen molar-refractivity contribution < 1.29 is 15.1 Å². The second-order valence-corrected chi connectivity index (χ2v) is 5.91. The Labute approximate surface area is 135 Å². The largest absolute Gasteiger partial charge is 0.508 e. The Hall–Kier alpha value is -2.37. The third-order valence-electron chi connectivity index (χ3n) is 4.20. The molecule has 5 heteroatoms. The van der Waals surface area contributed by atoms with Crippen molar-refractivity contribution in [1.82, 2.24) is 10.4 Å². The van der Waals surface area contributed by atoms with Crippen LogP contribution in [0.2, 0.25) is 0 Å². The first-order valence-electron chi connectivity index (χ1n) is 7.72. The number of hydrogen-bond donors (Lipinski definition) is 3. The van der Waals surface area contributed by atoms with Crippen LogP contribution in [0.3, 0.4) is 0 Å². The Balaban J connectivity index is 1.77. The lowest BCUT2D eigenvalue weighted by molar-refractivity contribution is 0.0706. The van der Waals surface area contributed by atoms with Crippen molar-refractivity contribution in [2.45, 2.75) is 25.9 Å². The average molecular weight is 312 g/mol. The number of phenols is 1. The quantitative estimate of drug-likeness (QED) is 0.601. The number of amides is 1. The molecule has 0 fully saturated rings. The van der Waals surface area contributed by atoms with Crippen molar-refractivity contribution in [3.05, 3.63) is 64.7 Å². The molecule has 0 atom stereocenters. The summed E-state index contributed by atoms with van der Waals surface area (Å²) in [5.41, 5.74) is 5.61. The van der Waals surface area contributed by atoms with E-state index in [1.165, 1.54) is 5.56 Å². The molecular formula is C18H20N2O3. The Kier molecular flexibility index (Phi) is 4.60. The lowest BCUT2D eigenvalue weighted by Gasteiger charge is -2.20. The summed E-state index contributed by atoms with van der Waals surface area (Å²) in [7, 11) is 0. The third-order valence-corrected chi connectivity index (χ3v) is 4.20. The number of rotatable bonds is 3. The second kappa shape index (κ2) is 6.81. The zero-order chi connectivity index (χ0) is 16.2. The highest BCUT2D eigenvalue weighted by Crippen LogP contribution is 2.22. The van der Waals surface area contributed by atoms with Gasteiger partial charge in [0.05, 0.1) is 0 Å². The van der Waals surface area contributed by atoms with Crippen LogP contribution in [0.5, 0.6) is 5.75 Å². The second-order valence-electron chi connectivity index (χ2n) is 5.91. The lowest BCUT2D eigenvalue weighted by atomic mass is 10.0. The van der Waals surface area contributed by atoms with Gasteiger partial charge in [-0.05, 0) is 60.3 Å². The molecule has 0 aromatic heterocycles. The van der Waals surface area contributed by atoms with Crippen LogP contribution in [0.25, 0.3) is 0 Å². The molecular weight excluding hydrogens is 292 g/mol. The number of nitrogens with zero attached hydrogens (tertiary/aromatic N) is 1. The van der Waals surface area contributed by atoms with Crippen molar-refractivity contribution in [3.8, 4) is 5.75 Å². The van der Waals surface area contributed by atoms with Crippen LogP contribution in [0.1, 0.15) is 33.5 Å². The summed E-state index contributed by atoms with van der Waals surface area (Å²) < 4.78 is 0. The first kappa shape index (κ1) is 15.5. The summed E-state index contributed by atoms with van der Waals surface area (Å²) in [6.07, 6.45) is 1.93. The molecule has 2 aromatic carbocycles. The van der Waals surface area contributed by atoms with Gasteiger partial charge in [0.2, 0.25) is 0 Å². The van der Waals surface area contributed by atoms with Crippen LogP contribution in [-0.4, -0.2) is 27.7 Å². The average Bonchev–Trinajstić information content (AvgIpc) is 2.75. The summed E-state index contributed by atoms with van der Waals surface area (Å²) in [6, 6.07) is 12.9. The molecule has 1 amide bonds. The molecule has 0 saturated heterocycles. The Morgan fingerprint density at radius 2 is 2.04 bits per heavy atom. The smallest absolute Gasteiger partial charge is 0.274 e. The summed E-state index contributed by atoms with van der Waals surface area (Å²) in [5.74, 6) is -0.189. The normalized spacial score (nSPS) is 14.8. The maximum absolute atomic E-state index is 11.5. The van der Waals surface area contributed by atoms with Gasteiger partial charge < -0.3 is 5.11 Å².